The van der Waals surface area contributed by atoms with Gasteiger partial charge < -0.3 is 4.57 Å². The molecule has 0 radical (unpaired) electrons. The van der Waals surface area contributed by atoms with E-state index in [1.807, 2.05) is 42.0 Å². The topological polar surface area (TPSA) is 67.2 Å². The lowest BCUT2D eigenvalue weighted by Gasteiger charge is -2.23. The molecular formula is C17H24N4O2S. The van der Waals surface area contributed by atoms with Gasteiger partial charge in [0, 0.05) is 37.2 Å². The first kappa shape index (κ1) is 17.1. The van der Waals surface area contributed by atoms with Gasteiger partial charge in [0.1, 0.15) is 0 Å². The van der Waals surface area contributed by atoms with Gasteiger partial charge in [0.05, 0.1) is 6.33 Å². The van der Waals surface area contributed by atoms with Crippen LogP contribution in [0.5, 0.6) is 0 Å². The number of imidazole rings is 1. The standard InChI is InChI=1S/C17H24N4O2S/c1-15(19-24(22,23)21-11-4-2-3-5-12-21)16-6-8-17(9-7-16)20-13-10-18-14-20/h6-10,13-15,19H,2-5,11-12H2,1H3. The minimum atomic E-state index is -3.44. The third kappa shape index (κ3) is 4.03. The van der Waals surface area contributed by atoms with Crippen LogP contribution in [-0.2, 0) is 10.2 Å². The predicted octanol–water partition coefficient (Wildman–Crippen LogP) is 2.64. The Bertz CT molecular complexity index is 733. The molecule has 1 atom stereocenters. The summed E-state index contributed by atoms with van der Waals surface area (Å²) in [7, 11) is -3.44. The minimum absolute atomic E-state index is 0.268. The molecule has 1 fully saturated rings. The summed E-state index contributed by atoms with van der Waals surface area (Å²) >= 11 is 0. The number of hydrogen-bond acceptors (Lipinski definition) is 3. The molecule has 1 aliphatic rings. The monoisotopic (exact) mass is 348 g/mol. The van der Waals surface area contributed by atoms with Crippen LogP contribution in [0.3, 0.4) is 0 Å². The van der Waals surface area contributed by atoms with Crippen molar-refractivity contribution >= 4 is 10.2 Å². The van der Waals surface area contributed by atoms with E-state index in [0.717, 1.165) is 36.9 Å². The van der Waals surface area contributed by atoms with Crippen LogP contribution in [0.25, 0.3) is 5.69 Å². The molecule has 1 unspecified atom stereocenters. The molecule has 0 bridgehead atoms. The van der Waals surface area contributed by atoms with Gasteiger partial charge in [-0.2, -0.15) is 17.4 Å². The molecule has 0 spiro atoms. The molecule has 7 heteroatoms. The lowest BCUT2D eigenvalue weighted by atomic mass is 10.1. The van der Waals surface area contributed by atoms with Crippen LogP contribution in [0, 0.1) is 0 Å². The van der Waals surface area contributed by atoms with E-state index in [0.29, 0.717) is 13.1 Å². The highest BCUT2D eigenvalue weighted by molar-refractivity contribution is 7.87. The predicted molar refractivity (Wildman–Crippen MR) is 94.1 cm³/mol. The van der Waals surface area contributed by atoms with Crippen molar-refractivity contribution in [2.75, 3.05) is 13.1 Å². The fourth-order valence-electron chi connectivity index (χ4n) is 2.99. The second-order valence-electron chi connectivity index (χ2n) is 6.22. The van der Waals surface area contributed by atoms with Gasteiger partial charge in [-0.05, 0) is 37.5 Å². The summed E-state index contributed by atoms with van der Waals surface area (Å²) in [6, 6.07) is 7.56. The largest absolute Gasteiger partial charge is 0.306 e. The lowest BCUT2D eigenvalue weighted by molar-refractivity contribution is 0.410. The molecule has 6 nitrogen and oxygen atoms in total. The Morgan fingerprint density at radius 3 is 2.33 bits per heavy atom. The van der Waals surface area contributed by atoms with Crippen LogP contribution in [-0.4, -0.2) is 35.4 Å². The number of hydrogen-bond donors (Lipinski definition) is 1. The zero-order chi connectivity index (χ0) is 17.0. The number of nitrogens with zero attached hydrogens (tertiary/aromatic N) is 3. The summed E-state index contributed by atoms with van der Waals surface area (Å²) < 4.78 is 31.5. The summed E-state index contributed by atoms with van der Waals surface area (Å²) in [5.41, 5.74) is 1.94. The van der Waals surface area contributed by atoms with Crippen LogP contribution in [0.1, 0.15) is 44.2 Å². The maximum absolute atomic E-state index is 12.6. The first-order valence-corrected chi connectivity index (χ1v) is 9.86. The van der Waals surface area contributed by atoms with Crippen molar-refractivity contribution in [3.63, 3.8) is 0 Å². The molecule has 1 aliphatic heterocycles. The van der Waals surface area contributed by atoms with E-state index in [9.17, 15) is 8.42 Å². The Morgan fingerprint density at radius 2 is 1.75 bits per heavy atom. The molecule has 3 rings (SSSR count). The molecule has 130 valence electrons. The molecule has 2 aromatic rings. The van der Waals surface area contributed by atoms with E-state index < -0.39 is 10.2 Å². The highest BCUT2D eigenvalue weighted by Gasteiger charge is 2.24. The molecule has 0 saturated carbocycles. The van der Waals surface area contributed by atoms with Crippen molar-refractivity contribution in [1.82, 2.24) is 18.6 Å². The molecular weight excluding hydrogens is 324 g/mol. The van der Waals surface area contributed by atoms with Crippen molar-refractivity contribution in [2.45, 2.75) is 38.6 Å². The Morgan fingerprint density at radius 1 is 1.08 bits per heavy atom. The summed E-state index contributed by atoms with van der Waals surface area (Å²) in [5.74, 6) is 0. The van der Waals surface area contributed by atoms with Gasteiger partial charge in [-0.1, -0.05) is 25.0 Å². The zero-order valence-electron chi connectivity index (χ0n) is 13.9. The van der Waals surface area contributed by atoms with E-state index in [1.54, 1.807) is 16.8 Å². The summed E-state index contributed by atoms with van der Waals surface area (Å²) in [4.78, 5) is 4.03. The van der Waals surface area contributed by atoms with Crippen molar-refractivity contribution in [2.24, 2.45) is 0 Å². The fraction of sp³-hybridized carbons (Fsp3) is 0.471. The molecule has 2 heterocycles. The Kier molecular flexibility index (Phi) is 5.33. The maximum Gasteiger partial charge on any atom is 0.279 e. The van der Waals surface area contributed by atoms with Crippen LogP contribution in [0.15, 0.2) is 43.0 Å². The van der Waals surface area contributed by atoms with Gasteiger partial charge in [-0.3, -0.25) is 0 Å². The summed E-state index contributed by atoms with van der Waals surface area (Å²) in [6.07, 6.45) is 9.44. The maximum atomic E-state index is 12.6. The highest BCUT2D eigenvalue weighted by Crippen LogP contribution is 2.19. The quantitative estimate of drug-likeness (QED) is 0.903. The summed E-state index contributed by atoms with van der Waals surface area (Å²) in [5, 5.41) is 0. The SMILES string of the molecule is CC(NS(=O)(=O)N1CCCCCC1)c1ccc(-n2ccnc2)cc1. The molecule has 0 aliphatic carbocycles. The van der Waals surface area contributed by atoms with Crippen LogP contribution < -0.4 is 4.72 Å². The second kappa shape index (κ2) is 7.46. The van der Waals surface area contributed by atoms with Crippen molar-refractivity contribution < 1.29 is 8.42 Å². The van der Waals surface area contributed by atoms with Crippen LogP contribution in [0.4, 0.5) is 0 Å². The number of aromatic nitrogens is 2. The number of rotatable bonds is 5. The van der Waals surface area contributed by atoms with Gasteiger partial charge in [0.2, 0.25) is 0 Å². The van der Waals surface area contributed by atoms with Crippen LogP contribution >= 0.6 is 0 Å². The van der Waals surface area contributed by atoms with Crippen molar-refractivity contribution in [3.05, 3.63) is 48.5 Å². The van der Waals surface area contributed by atoms with Gasteiger partial charge in [-0.25, -0.2) is 4.98 Å². The van der Waals surface area contributed by atoms with Crippen LogP contribution in [0.2, 0.25) is 0 Å². The second-order valence-corrected chi connectivity index (χ2v) is 7.92. The Labute approximate surface area is 143 Å². The minimum Gasteiger partial charge on any atom is -0.306 e. The van der Waals surface area contributed by atoms with Crippen molar-refractivity contribution in [3.8, 4) is 5.69 Å². The van der Waals surface area contributed by atoms with E-state index >= 15 is 0 Å². The molecule has 0 amide bonds. The smallest absolute Gasteiger partial charge is 0.279 e. The number of nitrogens with one attached hydrogen (secondary N) is 1. The van der Waals surface area contributed by atoms with E-state index in [4.69, 9.17) is 0 Å². The molecule has 1 aromatic carbocycles. The molecule has 1 saturated heterocycles. The molecule has 1 aromatic heterocycles. The molecule has 24 heavy (non-hydrogen) atoms. The third-order valence-corrected chi connectivity index (χ3v) is 6.12. The normalized spacial score (nSPS) is 18.2. The van der Waals surface area contributed by atoms with E-state index in [2.05, 4.69) is 9.71 Å². The van der Waals surface area contributed by atoms with Gasteiger partial charge >= 0.3 is 0 Å². The summed E-state index contributed by atoms with van der Waals surface area (Å²) in [6.45, 7) is 3.10. The lowest BCUT2D eigenvalue weighted by Crippen LogP contribution is -2.42. The number of benzene rings is 1. The van der Waals surface area contributed by atoms with Gasteiger partial charge in [0.25, 0.3) is 10.2 Å². The van der Waals surface area contributed by atoms with E-state index in [-0.39, 0.29) is 6.04 Å². The average Bonchev–Trinajstić information content (AvgIpc) is 2.96. The molecule has 1 N–H and O–H groups in total. The zero-order valence-corrected chi connectivity index (χ0v) is 14.7. The Hall–Kier alpha value is -1.70. The fourth-order valence-corrected chi connectivity index (χ4v) is 4.47. The van der Waals surface area contributed by atoms with E-state index in [1.165, 1.54) is 0 Å². The van der Waals surface area contributed by atoms with Gasteiger partial charge in [0.15, 0.2) is 0 Å². The van der Waals surface area contributed by atoms with Crippen molar-refractivity contribution in [1.29, 1.82) is 0 Å². The Balaban J connectivity index is 1.68. The first-order chi connectivity index (χ1) is 11.6. The van der Waals surface area contributed by atoms with Gasteiger partial charge in [-0.15, -0.1) is 0 Å². The third-order valence-electron chi connectivity index (χ3n) is 4.43. The first-order valence-electron chi connectivity index (χ1n) is 8.42. The highest BCUT2D eigenvalue weighted by atomic mass is 32.2. The average molecular weight is 348 g/mol.